The SMILES string of the molecule is CCC(C(=O)OC)n1c(=NC(=O)c2ccc(C)cc2)sc2cc(NC(=O)c3ccccc3F)ccc21. The van der Waals surface area contributed by atoms with E-state index in [1.807, 2.05) is 26.0 Å². The number of thiazole rings is 1. The molecular formula is C27H24FN3O4S. The van der Waals surface area contributed by atoms with Crippen LogP contribution in [0.5, 0.6) is 0 Å². The molecule has 9 heteroatoms. The molecule has 1 atom stereocenters. The Morgan fingerprint density at radius 1 is 1.08 bits per heavy atom. The lowest BCUT2D eigenvalue weighted by Gasteiger charge is -2.16. The molecule has 2 amide bonds. The van der Waals surface area contributed by atoms with E-state index in [1.54, 1.807) is 41.0 Å². The number of halogens is 1. The minimum atomic E-state index is -0.702. The number of esters is 1. The van der Waals surface area contributed by atoms with Crippen molar-refractivity contribution < 1.29 is 23.5 Å². The Labute approximate surface area is 210 Å². The van der Waals surface area contributed by atoms with Crippen LogP contribution in [0.15, 0.2) is 71.7 Å². The van der Waals surface area contributed by atoms with Gasteiger partial charge in [0.25, 0.3) is 11.8 Å². The molecule has 1 heterocycles. The third-order valence-electron chi connectivity index (χ3n) is 5.67. The summed E-state index contributed by atoms with van der Waals surface area (Å²) in [4.78, 5) is 42.7. The van der Waals surface area contributed by atoms with E-state index in [1.165, 1.54) is 36.6 Å². The molecule has 36 heavy (non-hydrogen) atoms. The number of anilines is 1. The van der Waals surface area contributed by atoms with Crippen molar-refractivity contribution in [3.05, 3.63) is 94.0 Å². The first-order chi connectivity index (χ1) is 17.3. The van der Waals surface area contributed by atoms with E-state index in [-0.39, 0.29) is 5.56 Å². The van der Waals surface area contributed by atoms with Crippen LogP contribution in [0.2, 0.25) is 0 Å². The topological polar surface area (TPSA) is 89.8 Å². The van der Waals surface area contributed by atoms with Crippen LogP contribution in [0.3, 0.4) is 0 Å². The van der Waals surface area contributed by atoms with E-state index in [2.05, 4.69) is 10.3 Å². The van der Waals surface area contributed by atoms with Gasteiger partial charge in [0.15, 0.2) is 4.80 Å². The van der Waals surface area contributed by atoms with Gasteiger partial charge in [-0.3, -0.25) is 9.59 Å². The van der Waals surface area contributed by atoms with E-state index in [0.717, 1.165) is 5.56 Å². The Bertz CT molecular complexity index is 1520. The molecular weight excluding hydrogens is 481 g/mol. The molecule has 0 fully saturated rings. The Morgan fingerprint density at radius 2 is 1.81 bits per heavy atom. The minimum Gasteiger partial charge on any atom is -0.467 e. The van der Waals surface area contributed by atoms with E-state index in [9.17, 15) is 18.8 Å². The molecule has 3 aromatic carbocycles. The van der Waals surface area contributed by atoms with Crippen LogP contribution in [-0.2, 0) is 9.53 Å². The van der Waals surface area contributed by atoms with Crippen molar-refractivity contribution in [3.8, 4) is 0 Å². The predicted molar refractivity (Wildman–Crippen MR) is 137 cm³/mol. The molecule has 0 spiro atoms. The minimum absolute atomic E-state index is 0.0741. The number of aromatic nitrogens is 1. The fraction of sp³-hybridized carbons (Fsp3) is 0.185. The summed E-state index contributed by atoms with van der Waals surface area (Å²) in [5.74, 6) is -2.11. The second-order valence-corrected chi connectivity index (χ2v) is 9.11. The summed E-state index contributed by atoms with van der Waals surface area (Å²) in [7, 11) is 1.31. The molecule has 1 N–H and O–H groups in total. The van der Waals surface area contributed by atoms with Gasteiger partial charge in [0.05, 0.1) is 22.9 Å². The number of nitrogens with one attached hydrogen (secondary N) is 1. The largest absolute Gasteiger partial charge is 0.467 e. The summed E-state index contributed by atoms with van der Waals surface area (Å²) < 4.78 is 21.4. The first kappa shape index (κ1) is 25.0. The summed E-state index contributed by atoms with van der Waals surface area (Å²) in [5, 5.41) is 2.70. The van der Waals surface area contributed by atoms with Crippen molar-refractivity contribution in [1.29, 1.82) is 0 Å². The molecule has 1 unspecified atom stereocenters. The van der Waals surface area contributed by atoms with Crippen molar-refractivity contribution in [1.82, 2.24) is 4.57 Å². The van der Waals surface area contributed by atoms with Gasteiger partial charge in [-0.05, 0) is 55.8 Å². The van der Waals surface area contributed by atoms with Gasteiger partial charge in [0, 0.05) is 11.3 Å². The number of benzene rings is 3. The van der Waals surface area contributed by atoms with Crippen LogP contribution in [0.1, 0.15) is 45.7 Å². The molecule has 7 nitrogen and oxygen atoms in total. The summed E-state index contributed by atoms with van der Waals surface area (Å²) >= 11 is 1.20. The molecule has 0 radical (unpaired) electrons. The number of nitrogens with zero attached hydrogens (tertiary/aromatic N) is 2. The first-order valence-electron chi connectivity index (χ1n) is 11.3. The van der Waals surface area contributed by atoms with Crippen LogP contribution >= 0.6 is 11.3 Å². The fourth-order valence-electron chi connectivity index (χ4n) is 3.78. The third-order valence-corrected chi connectivity index (χ3v) is 6.69. The summed E-state index contributed by atoms with van der Waals surface area (Å²) in [6, 6.07) is 17.2. The van der Waals surface area contributed by atoms with E-state index >= 15 is 0 Å². The number of methoxy groups -OCH3 is 1. The zero-order valence-corrected chi connectivity index (χ0v) is 20.8. The molecule has 0 bridgehead atoms. The van der Waals surface area contributed by atoms with Gasteiger partial charge in [-0.1, -0.05) is 48.1 Å². The summed E-state index contributed by atoms with van der Waals surface area (Å²) in [6.45, 7) is 3.77. The highest BCUT2D eigenvalue weighted by molar-refractivity contribution is 7.16. The maximum atomic E-state index is 14.0. The Morgan fingerprint density at radius 3 is 2.47 bits per heavy atom. The van der Waals surface area contributed by atoms with Gasteiger partial charge in [-0.2, -0.15) is 4.99 Å². The molecule has 0 aliphatic rings. The standard InChI is InChI=1S/C27H24FN3O4S/c1-4-21(26(34)35-3)31-22-14-13-18(29-25(33)19-7-5-6-8-20(19)28)15-23(22)36-27(31)30-24(32)17-11-9-16(2)10-12-17/h5-15,21H,4H2,1-3H3,(H,29,33). The van der Waals surface area contributed by atoms with Crippen LogP contribution < -0.4 is 10.1 Å². The number of hydrogen-bond donors (Lipinski definition) is 1. The number of carbonyl (C=O) groups is 3. The number of rotatable bonds is 6. The summed E-state index contributed by atoms with van der Waals surface area (Å²) in [6.07, 6.45) is 0.413. The van der Waals surface area contributed by atoms with Crippen LogP contribution in [0.4, 0.5) is 10.1 Å². The monoisotopic (exact) mass is 505 g/mol. The molecule has 0 aliphatic carbocycles. The predicted octanol–water partition coefficient (Wildman–Crippen LogP) is 5.27. The maximum Gasteiger partial charge on any atom is 0.328 e. The highest BCUT2D eigenvalue weighted by atomic mass is 32.1. The van der Waals surface area contributed by atoms with Crippen molar-refractivity contribution >= 4 is 45.0 Å². The summed E-state index contributed by atoms with van der Waals surface area (Å²) in [5.41, 5.74) is 2.46. The Balaban J connectivity index is 1.80. The van der Waals surface area contributed by atoms with Gasteiger partial charge < -0.3 is 14.6 Å². The molecule has 184 valence electrons. The number of carbonyl (C=O) groups excluding carboxylic acids is 3. The van der Waals surface area contributed by atoms with Crippen molar-refractivity contribution in [2.75, 3.05) is 12.4 Å². The zero-order valence-electron chi connectivity index (χ0n) is 19.9. The second kappa shape index (κ2) is 10.7. The second-order valence-electron chi connectivity index (χ2n) is 8.10. The van der Waals surface area contributed by atoms with Gasteiger partial charge in [-0.25, -0.2) is 9.18 Å². The number of amides is 2. The highest BCUT2D eigenvalue weighted by Crippen LogP contribution is 2.27. The smallest absolute Gasteiger partial charge is 0.328 e. The molecule has 0 aliphatic heterocycles. The van der Waals surface area contributed by atoms with Crippen molar-refractivity contribution in [3.63, 3.8) is 0 Å². The lowest BCUT2D eigenvalue weighted by molar-refractivity contribution is -0.144. The highest BCUT2D eigenvalue weighted by Gasteiger charge is 2.24. The van der Waals surface area contributed by atoms with Crippen molar-refractivity contribution in [2.24, 2.45) is 4.99 Å². The Hall–Kier alpha value is -4.11. The van der Waals surface area contributed by atoms with Gasteiger partial charge in [0.2, 0.25) is 0 Å². The first-order valence-corrected chi connectivity index (χ1v) is 12.1. The van der Waals surface area contributed by atoms with E-state index in [4.69, 9.17) is 4.74 Å². The van der Waals surface area contributed by atoms with E-state index < -0.39 is 29.6 Å². The average Bonchev–Trinajstić information content (AvgIpc) is 3.21. The third kappa shape index (κ3) is 5.11. The fourth-order valence-corrected chi connectivity index (χ4v) is 4.89. The van der Waals surface area contributed by atoms with E-state index in [0.29, 0.717) is 32.7 Å². The van der Waals surface area contributed by atoms with Gasteiger partial charge in [-0.15, -0.1) is 0 Å². The lowest BCUT2D eigenvalue weighted by atomic mass is 10.1. The van der Waals surface area contributed by atoms with Gasteiger partial charge >= 0.3 is 5.97 Å². The average molecular weight is 506 g/mol. The van der Waals surface area contributed by atoms with Crippen molar-refractivity contribution in [2.45, 2.75) is 26.3 Å². The number of hydrogen-bond acceptors (Lipinski definition) is 5. The quantitative estimate of drug-likeness (QED) is 0.362. The number of ether oxygens (including phenoxy) is 1. The van der Waals surface area contributed by atoms with Crippen LogP contribution in [-0.4, -0.2) is 29.5 Å². The molecule has 0 saturated carbocycles. The zero-order chi connectivity index (χ0) is 25.8. The maximum absolute atomic E-state index is 14.0. The Kier molecular flexibility index (Phi) is 7.40. The lowest BCUT2D eigenvalue weighted by Crippen LogP contribution is -2.28. The van der Waals surface area contributed by atoms with Crippen LogP contribution in [0, 0.1) is 12.7 Å². The number of fused-ring (bicyclic) bond motifs is 1. The van der Waals surface area contributed by atoms with Gasteiger partial charge in [0.1, 0.15) is 11.9 Å². The molecule has 4 rings (SSSR count). The number of aryl methyl sites for hydroxylation is 1. The molecule has 4 aromatic rings. The normalized spacial score (nSPS) is 12.4. The molecule has 0 saturated heterocycles. The van der Waals surface area contributed by atoms with Crippen LogP contribution in [0.25, 0.3) is 10.2 Å². The molecule has 1 aromatic heterocycles.